The highest BCUT2D eigenvalue weighted by atomic mass is 32.1. The molecule has 1 aromatic carbocycles. The number of rotatable bonds is 13. The van der Waals surface area contributed by atoms with E-state index in [0.717, 1.165) is 6.42 Å². The lowest BCUT2D eigenvalue weighted by molar-refractivity contribution is -0.120. The van der Waals surface area contributed by atoms with Crippen molar-refractivity contribution in [3.8, 4) is 5.75 Å². The Bertz CT molecular complexity index is 914. The number of amides is 3. The van der Waals surface area contributed by atoms with Crippen molar-refractivity contribution in [3.63, 3.8) is 0 Å². The van der Waals surface area contributed by atoms with E-state index in [-0.39, 0.29) is 37.2 Å². The van der Waals surface area contributed by atoms with E-state index in [4.69, 9.17) is 9.47 Å². The zero-order valence-corrected chi connectivity index (χ0v) is 20.4. The third-order valence-electron chi connectivity index (χ3n) is 4.71. The van der Waals surface area contributed by atoms with Crippen molar-refractivity contribution < 1.29 is 23.9 Å². The predicted octanol–water partition coefficient (Wildman–Crippen LogP) is 2.58. The Hall–Kier alpha value is -2.98. The molecule has 0 aliphatic heterocycles. The van der Waals surface area contributed by atoms with Gasteiger partial charge in [0.2, 0.25) is 11.8 Å². The summed E-state index contributed by atoms with van der Waals surface area (Å²) in [5, 5.41) is 7.70. The number of aromatic nitrogens is 1. The average molecular weight is 477 g/mol. The fraction of sp³-hybridized carbons (Fsp3) is 0.478. The van der Waals surface area contributed by atoms with Crippen molar-refractivity contribution in [2.75, 3.05) is 45.8 Å². The predicted molar refractivity (Wildman–Crippen MR) is 128 cm³/mol. The fourth-order valence-corrected chi connectivity index (χ4v) is 3.60. The van der Waals surface area contributed by atoms with Crippen molar-refractivity contribution in [1.29, 1.82) is 0 Å². The van der Waals surface area contributed by atoms with E-state index < -0.39 is 0 Å². The summed E-state index contributed by atoms with van der Waals surface area (Å²) in [4.78, 5) is 43.2. The van der Waals surface area contributed by atoms with Crippen LogP contribution in [0.1, 0.15) is 36.3 Å². The highest BCUT2D eigenvalue weighted by Gasteiger charge is 2.20. The molecule has 180 valence electrons. The Balaban J connectivity index is 1.92. The molecule has 2 aromatic rings. The normalized spacial score (nSPS) is 10.7. The SMILES string of the molecule is COCCN(CC(=O)Nc1nc(CC(=O)NCCC(C)C)cs1)C(=O)c1ccc(OC)cc1. The molecule has 0 fully saturated rings. The quantitative estimate of drug-likeness (QED) is 0.460. The number of thiazole rings is 1. The molecule has 0 saturated heterocycles. The molecule has 2 rings (SSSR count). The minimum absolute atomic E-state index is 0.102. The van der Waals surface area contributed by atoms with Gasteiger partial charge in [-0.25, -0.2) is 4.98 Å². The summed E-state index contributed by atoms with van der Waals surface area (Å²) in [6.45, 7) is 5.23. The minimum Gasteiger partial charge on any atom is -0.497 e. The second-order valence-corrected chi connectivity index (χ2v) is 8.71. The lowest BCUT2D eigenvalue weighted by Crippen LogP contribution is -2.40. The number of anilines is 1. The van der Waals surface area contributed by atoms with E-state index in [0.29, 0.717) is 41.2 Å². The van der Waals surface area contributed by atoms with Crippen LogP contribution in [0, 0.1) is 5.92 Å². The molecule has 3 amide bonds. The monoisotopic (exact) mass is 476 g/mol. The second kappa shape index (κ2) is 13.5. The number of nitrogens with zero attached hydrogens (tertiary/aromatic N) is 2. The van der Waals surface area contributed by atoms with Crippen LogP contribution in [0.25, 0.3) is 0 Å². The number of methoxy groups -OCH3 is 2. The van der Waals surface area contributed by atoms with Crippen molar-refractivity contribution in [3.05, 3.63) is 40.9 Å². The van der Waals surface area contributed by atoms with Crippen LogP contribution in [0.2, 0.25) is 0 Å². The van der Waals surface area contributed by atoms with Gasteiger partial charge in [-0.2, -0.15) is 0 Å². The van der Waals surface area contributed by atoms with Crippen molar-refractivity contribution >= 4 is 34.2 Å². The molecule has 33 heavy (non-hydrogen) atoms. The number of nitrogens with one attached hydrogen (secondary N) is 2. The highest BCUT2D eigenvalue weighted by molar-refractivity contribution is 7.13. The van der Waals surface area contributed by atoms with Crippen LogP contribution >= 0.6 is 11.3 Å². The van der Waals surface area contributed by atoms with Crippen LogP contribution in [0.5, 0.6) is 5.75 Å². The van der Waals surface area contributed by atoms with E-state index in [1.54, 1.807) is 36.8 Å². The molecule has 1 aromatic heterocycles. The molecule has 0 unspecified atom stereocenters. The van der Waals surface area contributed by atoms with E-state index in [1.807, 2.05) is 0 Å². The molecule has 2 N–H and O–H groups in total. The standard InChI is InChI=1S/C23H32N4O5S/c1-16(2)9-10-24-20(28)13-18-15-33-23(25-18)26-21(29)14-27(11-12-31-3)22(30)17-5-7-19(32-4)8-6-17/h5-8,15-16H,9-14H2,1-4H3,(H,24,28)(H,25,26,29). The number of carbonyl (C=O) groups excluding carboxylic acids is 3. The topological polar surface area (TPSA) is 110 Å². The van der Waals surface area contributed by atoms with Gasteiger partial charge >= 0.3 is 0 Å². The first kappa shape index (κ1) is 26.3. The number of hydrogen-bond donors (Lipinski definition) is 2. The highest BCUT2D eigenvalue weighted by Crippen LogP contribution is 2.17. The summed E-state index contributed by atoms with van der Waals surface area (Å²) in [5.41, 5.74) is 1.03. The Morgan fingerprint density at radius 3 is 2.48 bits per heavy atom. The van der Waals surface area contributed by atoms with E-state index in [2.05, 4.69) is 29.5 Å². The molecule has 0 atom stereocenters. The summed E-state index contributed by atoms with van der Waals surface area (Å²) in [6, 6.07) is 6.69. The molecule has 0 bridgehead atoms. The molecule has 10 heteroatoms. The maximum absolute atomic E-state index is 12.9. The van der Waals surface area contributed by atoms with Gasteiger partial charge < -0.3 is 25.0 Å². The van der Waals surface area contributed by atoms with Crippen molar-refractivity contribution in [1.82, 2.24) is 15.2 Å². The van der Waals surface area contributed by atoms with Gasteiger partial charge in [0.25, 0.3) is 5.91 Å². The molecule has 0 aliphatic rings. The minimum atomic E-state index is -0.379. The zero-order valence-electron chi connectivity index (χ0n) is 19.6. The van der Waals surface area contributed by atoms with Crippen LogP contribution < -0.4 is 15.4 Å². The Morgan fingerprint density at radius 2 is 1.85 bits per heavy atom. The molecule has 1 heterocycles. The van der Waals surface area contributed by atoms with Crippen LogP contribution in [0.4, 0.5) is 5.13 Å². The number of benzene rings is 1. The maximum atomic E-state index is 12.9. The van der Waals surface area contributed by atoms with Crippen molar-refractivity contribution in [2.45, 2.75) is 26.7 Å². The first-order valence-corrected chi connectivity index (χ1v) is 11.6. The summed E-state index contributed by atoms with van der Waals surface area (Å²) in [5.74, 6) is 0.389. The number of ether oxygens (including phenoxy) is 2. The van der Waals surface area contributed by atoms with Gasteiger partial charge in [-0.3, -0.25) is 14.4 Å². The van der Waals surface area contributed by atoms with Crippen LogP contribution in [-0.4, -0.2) is 68.1 Å². The Morgan fingerprint density at radius 1 is 1.12 bits per heavy atom. The summed E-state index contributed by atoms with van der Waals surface area (Å²) >= 11 is 1.24. The first-order chi connectivity index (χ1) is 15.8. The Labute approximate surface area is 198 Å². The molecular weight excluding hydrogens is 444 g/mol. The van der Waals surface area contributed by atoms with Crippen LogP contribution in [0.3, 0.4) is 0 Å². The molecule has 0 saturated carbocycles. The summed E-state index contributed by atoms with van der Waals surface area (Å²) in [7, 11) is 3.08. The van der Waals surface area contributed by atoms with Gasteiger partial charge in [-0.15, -0.1) is 11.3 Å². The van der Waals surface area contributed by atoms with Gasteiger partial charge in [0, 0.05) is 31.1 Å². The lowest BCUT2D eigenvalue weighted by Gasteiger charge is -2.21. The van der Waals surface area contributed by atoms with Gasteiger partial charge in [-0.1, -0.05) is 13.8 Å². The molecule has 0 aliphatic carbocycles. The lowest BCUT2D eigenvalue weighted by atomic mass is 10.1. The fourth-order valence-electron chi connectivity index (χ4n) is 2.88. The molecular formula is C23H32N4O5S. The van der Waals surface area contributed by atoms with Gasteiger partial charge in [0.05, 0.1) is 25.8 Å². The zero-order chi connectivity index (χ0) is 24.2. The Kier molecular flexibility index (Phi) is 10.8. The van der Waals surface area contributed by atoms with Crippen LogP contribution in [-0.2, 0) is 20.7 Å². The molecule has 0 radical (unpaired) electrons. The molecule has 9 nitrogen and oxygen atoms in total. The smallest absolute Gasteiger partial charge is 0.254 e. The number of carbonyl (C=O) groups is 3. The number of hydrogen-bond acceptors (Lipinski definition) is 7. The van der Waals surface area contributed by atoms with Gasteiger partial charge in [-0.05, 0) is 36.6 Å². The molecule has 0 spiro atoms. The first-order valence-electron chi connectivity index (χ1n) is 10.8. The van der Waals surface area contributed by atoms with E-state index in [1.165, 1.54) is 23.3 Å². The average Bonchev–Trinajstić information content (AvgIpc) is 3.22. The van der Waals surface area contributed by atoms with E-state index in [9.17, 15) is 14.4 Å². The maximum Gasteiger partial charge on any atom is 0.254 e. The van der Waals surface area contributed by atoms with E-state index >= 15 is 0 Å². The van der Waals surface area contributed by atoms with Gasteiger partial charge in [0.1, 0.15) is 12.3 Å². The second-order valence-electron chi connectivity index (χ2n) is 7.85. The van der Waals surface area contributed by atoms with Crippen LogP contribution in [0.15, 0.2) is 29.6 Å². The third-order valence-corrected chi connectivity index (χ3v) is 5.51. The largest absolute Gasteiger partial charge is 0.497 e. The summed E-state index contributed by atoms with van der Waals surface area (Å²) < 4.78 is 10.2. The van der Waals surface area contributed by atoms with Gasteiger partial charge in [0.15, 0.2) is 5.13 Å². The third kappa shape index (κ3) is 9.19. The summed E-state index contributed by atoms with van der Waals surface area (Å²) in [6.07, 6.45) is 1.07. The van der Waals surface area contributed by atoms with Crippen molar-refractivity contribution in [2.24, 2.45) is 5.92 Å².